The number of nitrogens with one attached hydrogen (secondary N) is 2. The van der Waals surface area contributed by atoms with Crippen molar-refractivity contribution in [3.63, 3.8) is 0 Å². The summed E-state index contributed by atoms with van der Waals surface area (Å²) in [6, 6.07) is 14.3. The molecule has 0 bridgehead atoms. The van der Waals surface area contributed by atoms with Gasteiger partial charge >= 0.3 is 0 Å². The highest BCUT2D eigenvalue weighted by Gasteiger charge is 2.15. The maximum atomic E-state index is 4.50. The summed E-state index contributed by atoms with van der Waals surface area (Å²) in [7, 11) is 0. The van der Waals surface area contributed by atoms with Crippen LogP contribution in [0.3, 0.4) is 0 Å². The summed E-state index contributed by atoms with van der Waals surface area (Å²) in [5, 5.41) is 8.98. The van der Waals surface area contributed by atoms with Crippen LogP contribution in [-0.4, -0.2) is 15.9 Å². The van der Waals surface area contributed by atoms with Crippen molar-refractivity contribution < 1.29 is 0 Å². The van der Waals surface area contributed by atoms with E-state index < -0.39 is 0 Å². The van der Waals surface area contributed by atoms with Gasteiger partial charge in [-0.3, -0.25) is 0 Å². The number of nitrogens with zero attached hydrogens (tertiary/aromatic N) is 3. The van der Waals surface area contributed by atoms with Gasteiger partial charge in [0.1, 0.15) is 0 Å². The van der Waals surface area contributed by atoms with Gasteiger partial charge < -0.3 is 10.6 Å². The van der Waals surface area contributed by atoms with Crippen LogP contribution in [0.2, 0.25) is 0 Å². The first kappa shape index (κ1) is 15.2. The Hall–Kier alpha value is -2.66. The van der Waals surface area contributed by atoms with Crippen LogP contribution in [0.15, 0.2) is 47.5 Å². The number of rotatable bonds is 1. The van der Waals surface area contributed by atoms with E-state index in [1.807, 2.05) is 44.2 Å². The Morgan fingerprint density at radius 3 is 2.00 bits per heavy atom. The summed E-state index contributed by atoms with van der Waals surface area (Å²) in [6.07, 6.45) is 0. The van der Waals surface area contributed by atoms with Crippen LogP contribution in [-0.2, 0) is 0 Å². The predicted molar refractivity (Wildman–Crippen MR) is 97.0 cm³/mol. The molecule has 0 saturated carbocycles. The molecular formula is C17H16ClN5. The molecule has 2 aromatic carbocycles. The van der Waals surface area contributed by atoms with Gasteiger partial charge in [0.25, 0.3) is 5.95 Å². The van der Waals surface area contributed by atoms with E-state index in [-0.39, 0.29) is 12.4 Å². The van der Waals surface area contributed by atoms with Crippen molar-refractivity contribution in [3.8, 4) is 0 Å². The van der Waals surface area contributed by atoms with Crippen molar-refractivity contribution >= 4 is 46.5 Å². The van der Waals surface area contributed by atoms with Gasteiger partial charge in [0, 0.05) is 16.8 Å². The van der Waals surface area contributed by atoms with Gasteiger partial charge in [-0.1, -0.05) is 24.3 Å². The molecule has 0 amide bonds. The number of hydrogen-bond acceptors (Lipinski definition) is 3. The lowest BCUT2D eigenvalue weighted by Crippen LogP contribution is -2.25. The average Bonchev–Trinajstić information content (AvgIpc) is 2.46. The number of anilines is 2. The standard InChI is InChI=1S/C17H15N5.ClH/c1-10-9-11(2)19-16(18-10)22-17-20-13-7-3-5-12-6-4-8-14(21-17)15(12)13;/h3-9H,1-2H3,(H2,18,19,20,21,22);1H. The number of benzene rings is 2. The maximum absolute atomic E-state index is 4.50. The molecule has 0 unspecified atom stereocenters. The van der Waals surface area contributed by atoms with E-state index in [1.165, 1.54) is 10.8 Å². The van der Waals surface area contributed by atoms with E-state index in [9.17, 15) is 0 Å². The van der Waals surface area contributed by atoms with Crippen LogP contribution in [0.4, 0.5) is 17.3 Å². The lowest BCUT2D eigenvalue weighted by Gasteiger charge is -2.21. The number of halogens is 1. The second-order valence-electron chi connectivity index (χ2n) is 5.37. The van der Waals surface area contributed by atoms with E-state index in [0.717, 1.165) is 22.8 Å². The lowest BCUT2D eigenvalue weighted by atomic mass is 10.1. The molecule has 0 aliphatic carbocycles. The number of hydrogen-bond donors (Lipinski definition) is 2. The molecule has 4 rings (SSSR count). The fourth-order valence-corrected chi connectivity index (χ4v) is 2.75. The molecule has 0 spiro atoms. The fraction of sp³-hybridized carbons (Fsp3) is 0.118. The van der Waals surface area contributed by atoms with E-state index in [0.29, 0.717) is 11.9 Å². The van der Waals surface area contributed by atoms with Gasteiger partial charge in [-0.05, 0) is 37.4 Å². The van der Waals surface area contributed by atoms with E-state index >= 15 is 0 Å². The Morgan fingerprint density at radius 2 is 1.43 bits per heavy atom. The molecular weight excluding hydrogens is 310 g/mol. The summed E-state index contributed by atoms with van der Waals surface area (Å²) in [6.45, 7) is 3.88. The highest BCUT2D eigenvalue weighted by atomic mass is 35.5. The van der Waals surface area contributed by atoms with Crippen LogP contribution in [0.5, 0.6) is 0 Å². The molecule has 5 nitrogen and oxygen atoms in total. The molecule has 1 aliphatic rings. The Balaban J connectivity index is 0.00000156. The number of aromatic nitrogens is 2. The quantitative estimate of drug-likeness (QED) is 0.704. The first-order valence-corrected chi connectivity index (χ1v) is 7.16. The fourth-order valence-electron chi connectivity index (χ4n) is 2.75. The molecule has 3 aromatic rings. The molecule has 116 valence electrons. The zero-order valence-electron chi connectivity index (χ0n) is 12.8. The Kier molecular flexibility index (Phi) is 3.88. The van der Waals surface area contributed by atoms with Crippen molar-refractivity contribution in [2.45, 2.75) is 13.8 Å². The summed E-state index contributed by atoms with van der Waals surface area (Å²) in [5.74, 6) is 1.09. The summed E-state index contributed by atoms with van der Waals surface area (Å²) < 4.78 is 0. The summed E-state index contributed by atoms with van der Waals surface area (Å²) >= 11 is 0. The third-order valence-corrected chi connectivity index (χ3v) is 3.59. The smallest absolute Gasteiger partial charge is 0.253 e. The highest BCUT2D eigenvalue weighted by molar-refractivity contribution is 6.19. The topological polar surface area (TPSA) is 62.2 Å². The molecule has 2 heterocycles. The normalized spacial score (nSPS) is 12.2. The minimum atomic E-state index is 0. The van der Waals surface area contributed by atoms with Crippen LogP contribution in [0, 0.1) is 13.8 Å². The Labute approximate surface area is 140 Å². The first-order chi connectivity index (χ1) is 10.7. The summed E-state index contributed by atoms with van der Waals surface area (Å²) in [4.78, 5) is 13.2. The zero-order chi connectivity index (χ0) is 15.1. The molecule has 23 heavy (non-hydrogen) atoms. The molecule has 6 heteroatoms. The third-order valence-electron chi connectivity index (χ3n) is 3.59. The molecule has 1 aromatic heterocycles. The van der Waals surface area contributed by atoms with Crippen molar-refractivity contribution in [2.75, 3.05) is 10.6 Å². The highest BCUT2D eigenvalue weighted by Crippen LogP contribution is 2.33. The third kappa shape index (κ3) is 2.83. The minimum Gasteiger partial charge on any atom is -0.325 e. The van der Waals surface area contributed by atoms with E-state index in [1.54, 1.807) is 0 Å². The molecule has 0 fully saturated rings. The van der Waals surface area contributed by atoms with Crippen LogP contribution in [0.1, 0.15) is 11.4 Å². The second kappa shape index (κ2) is 5.85. The van der Waals surface area contributed by atoms with Gasteiger partial charge in [0.15, 0.2) is 0 Å². The van der Waals surface area contributed by atoms with Gasteiger partial charge in [0.2, 0.25) is 5.96 Å². The van der Waals surface area contributed by atoms with E-state index in [2.05, 4.69) is 37.7 Å². The molecule has 0 atom stereocenters. The molecule has 0 radical (unpaired) electrons. The van der Waals surface area contributed by atoms with Gasteiger partial charge in [-0.15, -0.1) is 12.4 Å². The molecule has 1 aliphatic heterocycles. The maximum Gasteiger partial charge on any atom is 0.253 e. The average molecular weight is 326 g/mol. The monoisotopic (exact) mass is 325 g/mol. The van der Waals surface area contributed by atoms with Crippen LogP contribution >= 0.6 is 12.4 Å². The van der Waals surface area contributed by atoms with E-state index in [4.69, 9.17) is 0 Å². The Morgan fingerprint density at radius 1 is 0.870 bits per heavy atom. The van der Waals surface area contributed by atoms with Crippen molar-refractivity contribution in [3.05, 3.63) is 53.9 Å². The van der Waals surface area contributed by atoms with Crippen molar-refractivity contribution in [1.29, 1.82) is 0 Å². The lowest BCUT2D eigenvalue weighted by molar-refractivity contribution is 1.04. The number of aliphatic imine (C=N–C) groups is 1. The molecule has 0 saturated heterocycles. The first-order valence-electron chi connectivity index (χ1n) is 7.16. The van der Waals surface area contributed by atoms with Gasteiger partial charge in [-0.2, -0.15) is 4.99 Å². The van der Waals surface area contributed by atoms with Gasteiger partial charge in [0.05, 0.1) is 11.4 Å². The minimum absolute atomic E-state index is 0. The Bertz CT molecular complexity index is 857. The van der Waals surface area contributed by atoms with Crippen LogP contribution in [0.25, 0.3) is 10.8 Å². The SMILES string of the molecule is Cc1cc(C)nc(N=C2Nc3cccc4cccc(c34)N2)n1.Cl. The van der Waals surface area contributed by atoms with Crippen molar-refractivity contribution in [2.24, 2.45) is 4.99 Å². The number of guanidine groups is 1. The number of aryl methyl sites for hydroxylation is 2. The predicted octanol–water partition coefficient (Wildman–Crippen LogP) is 4.19. The van der Waals surface area contributed by atoms with Crippen LogP contribution < -0.4 is 10.6 Å². The van der Waals surface area contributed by atoms with Crippen molar-refractivity contribution in [1.82, 2.24) is 9.97 Å². The summed E-state index contributed by atoms with van der Waals surface area (Å²) in [5.41, 5.74) is 3.89. The zero-order valence-corrected chi connectivity index (χ0v) is 13.6. The second-order valence-corrected chi connectivity index (χ2v) is 5.37. The largest absolute Gasteiger partial charge is 0.325 e. The van der Waals surface area contributed by atoms with Gasteiger partial charge in [-0.25, -0.2) is 9.97 Å². The molecule has 2 N–H and O–H groups in total.